The van der Waals surface area contributed by atoms with Gasteiger partial charge in [-0.3, -0.25) is 4.79 Å². The Hall–Kier alpha value is -0.830. The number of aliphatic hydroxyl groups is 2. The monoisotopic (exact) mass is 142 g/mol. The summed E-state index contributed by atoms with van der Waals surface area (Å²) in [4.78, 5) is 10.9. The van der Waals surface area contributed by atoms with Crippen LogP contribution in [0.25, 0.3) is 0 Å². The van der Waals surface area contributed by atoms with Gasteiger partial charge in [-0.05, 0) is 12.5 Å². The molecule has 0 aromatic rings. The number of rotatable bonds is 1. The minimum absolute atomic E-state index is 0.244. The van der Waals surface area contributed by atoms with Crippen molar-refractivity contribution < 1.29 is 15.0 Å². The molecule has 1 aliphatic rings. The summed E-state index contributed by atoms with van der Waals surface area (Å²) < 4.78 is 0. The van der Waals surface area contributed by atoms with E-state index in [-0.39, 0.29) is 12.2 Å². The molecular formula is C7H10O3. The van der Waals surface area contributed by atoms with Gasteiger partial charge in [-0.25, -0.2) is 0 Å². The molecule has 2 N–H and O–H groups in total. The molecule has 0 aromatic heterocycles. The zero-order chi connectivity index (χ0) is 7.78. The van der Waals surface area contributed by atoms with Gasteiger partial charge in [-0.15, -0.1) is 0 Å². The van der Waals surface area contributed by atoms with Gasteiger partial charge in [0.15, 0.2) is 5.76 Å². The molecule has 1 aliphatic carbocycles. The van der Waals surface area contributed by atoms with Crippen molar-refractivity contribution in [3.05, 3.63) is 11.8 Å². The number of hydrogen-bond donors (Lipinski definition) is 2. The molecule has 0 unspecified atom stereocenters. The van der Waals surface area contributed by atoms with E-state index in [1.54, 1.807) is 6.92 Å². The van der Waals surface area contributed by atoms with Crippen molar-refractivity contribution in [2.45, 2.75) is 25.4 Å². The maximum atomic E-state index is 10.9. The number of carbonyl (C=O) groups excluding carboxylic acids is 1. The van der Waals surface area contributed by atoms with Crippen LogP contribution in [0.15, 0.2) is 11.8 Å². The number of Topliss-reactive ketones (excluding diaryl/α,β-unsaturated/α-hetero) is 1. The smallest absolute Gasteiger partial charge is 0.228 e. The second-order valence-electron chi connectivity index (χ2n) is 2.51. The fourth-order valence-electron chi connectivity index (χ4n) is 0.994. The van der Waals surface area contributed by atoms with Crippen LogP contribution in [0.1, 0.15) is 19.8 Å². The maximum Gasteiger partial charge on any atom is 0.228 e. The molecule has 0 bridgehead atoms. The lowest BCUT2D eigenvalue weighted by Crippen LogP contribution is -2.34. The molecule has 0 radical (unpaired) electrons. The van der Waals surface area contributed by atoms with Crippen molar-refractivity contribution >= 4 is 5.78 Å². The fraction of sp³-hybridized carbons (Fsp3) is 0.571. The highest BCUT2D eigenvalue weighted by Crippen LogP contribution is 2.26. The van der Waals surface area contributed by atoms with E-state index in [0.29, 0.717) is 6.42 Å². The molecule has 0 amide bonds. The molecule has 0 saturated carbocycles. The first kappa shape index (κ1) is 7.28. The topological polar surface area (TPSA) is 57.5 Å². The second-order valence-corrected chi connectivity index (χ2v) is 2.51. The van der Waals surface area contributed by atoms with E-state index >= 15 is 0 Å². The average molecular weight is 142 g/mol. The third-order valence-electron chi connectivity index (χ3n) is 1.87. The highest BCUT2D eigenvalue weighted by atomic mass is 16.3. The molecule has 0 fully saturated rings. The Balaban J connectivity index is 2.82. The van der Waals surface area contributed by atoms with Gasteiger partial charge >= 0.3 is 0 Å². The lowest BCUT2D eigenvalue weighted by molar-refractivity contribution is -0.133. The molecule has 3 nitrogen and oxygen atoms in total. The summed E-state index contributed by atoms with van der Waals surface area (Å²) in [6, 6.07) is 0. The van der Waals surface area contributed by atoms with Gasteiger partial charge in [-0.2, -0.15) is 0 Å². The van der Waals surface area contributed by atoms with Crippen molar-refractivity contribution in [2.24, 2.45) is 0 Å². The molecule has 3 heteroatoms. The van der Waals surface area contributed by atoms with Crippen LogP contribution in [-0.2, 0) is 4.79 Å². The van der Waals surface area contributed by atoms with Crippen LogP contribution in [0.2, 0.25) is 0 Å². The van der Waals surface area contributed by atoms with Crippen LogP contribution in [0, 0.1) is 0 Å². The van der Waals surface area contributed by atoms with Gasteiger partial charge in [-0.1, -0.05) is 6.92 Å². The van der Waals surface area contributed by atoms with Crippen LogP contribution in [0.4, 0.5) is 0 Å². The molecule has 0 aromatic carbocycles. The number of ketones is 1. The van der Waals surface area contributed by atoms with Crippen molar-refractivity contribution in [2.75, 3.05) is 0 Å². The van der Waals surface area contributed by atoms with Gasteiger partial charge in [0.2, 0.25) is 5.78 Å². The lowest BCUT2D eigenvalue weighted by atomic mass is 9.97. The summed E-state index contributed by atoms with van der Waals surface area (Å²) >= 11 is 0. The fourth-order valence-corrected chi connectivity index (χ4v) is 0.994. The van der Waals surface area contributed by atoms with Crippen LogP contribution < -0.4 is 0 Å². The van der Waals surface area contributed by atoms with E-state index in [4.69, 9.17) is 5.11 Å². The number of carbonyl (C=O) groups is 1. The first-order chi connectivity index (χ1) is 4.60. The Morgan fingerprint density at radius 2 is 2.40 bits per heavy atom. The van der Waals surface area contributed by atoms with Crippen LogP contribution in [0.5, 0.6) is 0 Å². The summed E-state index contributed by atoms with van der Waals surface area (Å²) in [6.07, 6.45) is 1.95. The van der Waals surface area contributed by atoms with Gasteiger partial charge < -0.3 is 10.2 Å². The molecular weight excluding hydrogens is 132 g/mol. The predicted molar refractivity (Wildman–Crippen MR) is 35.6 cm³/mol. The van der Waals surface area contributed by atoms with Gasteiger partial charge in [0, 0.05) is 6.42 Å². The predicted octanol–water partition coefficient (Wildman–Crippen LogP) is 0.542. The highest BCUT2D eigenvalue weighted by Gasteiger charge is 2.39. The molecule has 0 aliphatic heterocycles. The Bertz CT molecular complexity index is 195. The standard InChI is InChI=1S/C7H10O3/c1-2-7(10)4-3-5(8)6(7)9/h3,8,10H,2,4H2,1H3/t7-/m0/s1. The normalized spacial score (nSPS) is 32.6. The molecule has 56 valence electrons. The zero-order valence-corrected chi connectivity index (χ0v) is 5.79. The van der Waals surface area contributed by atoms with Crippen molar-refractivity contribution in [3.8, 4) is 0 Å². The molecule has 0 saturated heterocycles. The molecule has 10 heavy (non-hydrogen) atoms. The quantitative estimate of drug-likeness (QED) is 0.561. The summed E-state index contributed by atoms with van der Waals surface area (Å²) in [5, 5.41) is 18.2. The largest absolute Gasteiger partial charge is 0.505 e. The third-order valence-corrected chi connectivity index (χ3v) is 1.87. The minimum atomic E-state index is -1.32. The Morgan fingerprint density at radius 1 is 1.80 bits per heavy atom. The third kappa shape index (κ3) is 0.827. The first-order valence-electron chi connectivity index (χ1n) is 3.26. The van der Waals surface area contributed by atoms with E-state index in [9.17, 15) is 9.90 Å². The first-order valence-corrected chi connectivity index (χ1v) is 3.26. The van der Waals surface area contributed by atoms with E-state index in [1.807, 2.05) is 0 Å². The van der Waals surface area contributed by atoms with E-state index < -0.39 is 11.4 Å². The number of aliphatic hydroxyl groups excluding tert-OH is 1. The Kier molecular flexibility index (Phi) is 1.52. The summed E-state index contributed by atoms with van der Waals surface area (Å²) in [7, 11) is 0. The average Bonchev–Trinajstić information content (AvgIpc) is 2.19. The molecule has 1 rings (SSSR count). The second kappa shape index (κ2) is 2.09. The Morgan fingerprint density at radius 3 is 2.60 bits per heavy atom. The SMILES string of the molecule is CC[C@]1(O)CC=C(O)C1=O. The Labute approximate surface area is 59.0 Å². The lowest BCUT2D eigenvalue weighted by Gasteiger charge is -2.16. The summed E-state index contributed by atoms with van der Waals surface area (Å²) in [5.41, 5.74) is -1.32. The van der Waals surface area contributed by atoms with E-state index in [1.165, 1.54) is 6.08 Å². The van der Waals surface area contributed by atoms with Crippen molar-refractivity contribution in [1.29, 1.82) is 0 Å². The van der Waals surface area contributed by atoms with E-state index in [0.717, 1.165) is 0 Å². The van der Waals surface area contributed by atoms with Crippen molar-refractivity contribution in [3.63, 3.8) is 0 Å². The van der Waals surface area contributed by atoms with Gasteiger partial charge in [0.1, 0.15) is 5.60 Å². The van der Waals surface area contributed by atoms with Gasteiger partial charge in [0.25, 0.3) is 0 Å². The molecule has 0 heterocycles. The highest BCUT2D eigenvalue weighted by molar-refractivity contribution is 6.02. The number of hydrogen-bond acceptors (Lipinski definition) is 3. The minimum Gasteiger partial charge on any atom is -0.505 e. The maximum absolute atomic E-state index is 10.9. The van der Waals surface area contributed by atoms with Crippen LogP contribution >= 0.6 is 0 Å². The van der Waals surface area contributed by atoms with Gasteiger partial charge in [0.05, 0.1) is 0 Å². The van der Waals surface area contributed by atoms with Crippen LogP contribution in [-0.4, -0.2) is 21.6 Å². The van der Waals surface area contributed by atoms with Crippen LogP contribution in [0.3, 0.4) is 0 Å². The molecule has 0 spiro atoms. The zero-order valence-electron chi connectivity index (χ0n) is 5.79. The summed E-state index contributed by atoms with van der Waals surface area (Å²) in [5.74, 6) is -0.848. The van der Waals surface area contributed by atoms with E-state index in [2.05, 4.69) is 0 Å². The molecule has 1 atom stereocenters. The summed E-state index contributed by atoms with van der Waals surface area (Å²) in [6.45, 7) is 1.71. The van der Waals surface area contributed by atoms with Crippen molar-refractivity contribution in [1.82, 2.24) is 0 Å².